The number of amides is 2. The molecule has 256 valence electrons. The quantitative estimate of drug-likeness (QED) is 0.0560. The Morgan fingerprint density at radius 3 is 2.10 bits per heavy atom. The van der Waals surface area contributed by atoms with Crippen LogP contribution in [0, 0.1) is 0 Å². The molecular formula is C40H26N2O9S. The molecule has 2 heterocycles. The lowest BCUT2D eigenvalue weighted by atomic mass is 9.94. The summed E-state index contributed by atoms with van der Waals surface area (Å²) in [5, 5.41) is 1.95. The molecule has 0 radical (unpaired) electrons. The number of rotatable bonds is 9. The number of Topliss-reactive ketones (excluding diaryl/α,β-unsaturated/α-hetero) is 2. The van der Waals surface area contributed by atoms with Gasteiger partial charge in [-0.15, -0.1) is 0 Å². The maximum atomic E-state index is 13.7. The number of esters is 1. The number of aromatic nitrogens is 1. The molecule has 0 saturated carbocycles. The molecular weight excluding hydrogens is 685 g/mol. The lowest BCUT2D eigenvalue weighted by Crippen LogP contribution is -2.41. The normalized spacial score (nSPS) is 15.3. The second-order valence-electron chi connectivity index (χ2n) is 12.3. The maximum Gasteiger partial charge on any atom is 0.339 e. The number of carbonyl (C=O) groups is 5. The Labute approximate surface area is 296 Å². The van der Waals surface area contributed by atoms with Gasteiger partial charge < -0.3 is 8.92 Å². The summed E-state index contributed by atoms with van der Waals surface area (Å²) in [5.41, 5.74) is 1.29. The fraction of sp³-hybridized carbons (Fsp3) is 0.100. The van der Waals surface area contributed by atoms with E-state index in [2.05, 4.69) is 4.98 Å². The Balaban J connectivity index is 0.959. The van der Waals surface area contributed by atoms with Crippen molar-refractivity contribution in [3.63, 3.8) is 0 Å². The molecule has 1 aliphatic carbocycles. The van der Waals surface area contributed by atoms with Gasteiger partial charge in [-0.1, -0.05) is 60.7 Å². The number of nitrogens with zero attached hydrogens (tertiary/aromatic N) is 2. The van der Waals surface area contributed by atoms with Gasteiger partial charge in [0, 0.05) is 39.6 Å². The van der Waals surface area contributed by atoms with E-state index in [1.807, 2.05) is 12.1 Å². The molecule has 11 nitrogen and oxygen atoms in total. The van der Waals surface area contributed by atoms with E-state index in [-0.39, 0.29) is 58.1 Å². The van der Waals surface area contributed by atoms with Crippen molar-refractivity contribution in [1.82, 2.24) is 9.88 Å². The van der Waals surface area contributed by atoms with Crippen molar-refractivity contribution >= 4 is 61.1 Å². The van der Waals surface area contributed by atoms with Gasteiger partial charge in [0.25, 0.3) is 11.8 Å². The summed E-state index contributed by atoms with van der Waals surface area (Å²) in [7, 11) is -4.20. The van der Waals surface area contributed by atoms with Crippen LogP contribution < -0.4 is 4.18 Å². The molecule has 5 aromatic carbocycles. The number of para-hydroxylation sites is 1. The summed E-state index contributed by atoms with van der Waals surface area (Å²) in [5.74, 6) is -4.06. The van der Waals surface area contributed by atoms with Crippen molar-refractivity contribution in [3.8, 4) is 5.75 Å². The zero-order chi connectivity index (χ0) is 36.1. The molecule has 1 aliphatic heterocycles. The van der Waals surface area contributed by atoms with Gasteiger partial charge in [-0.2, -0.15) is 8.42 Å². The van der Waals surface area contributed by atoms with Gasteiger partial charge in [-0.25, -0.2) is 9.78 Å². The zero-order valence-corrected chi connectivity index (χ0v) is 28.0. The lowest BCUT2D eigenvalue weighted by Gasteiger charge is -2.27. The van der Waals surface area contributed by atoms with Crippen LogP contribution in [0.3, 0.4) is 0 Å². The van der Waals surface area contributed by atoms with E-state index in [4.69, 9.17) is 8.92 Å². The second kappa shape index (κ2) is 12.7. The molecule has 1 unspecified atom stereocenters. The largest absolute Gasteiger partial charge is 0.462 e. The summed E-state index contributed by atoms with van der Waals surface area (Å²) in [6.07, 6.45) is 0.178. The van der Waals surface area contributed by atoms with Crippen molar-refractivity contribution in [2.75, 3.05) is 13.2 Å². The zero-order valence-electron chi connectivity index (χ0n) is 27.1. The van der Waals surface area contributed by atoms with Gasteiger partial charge in [0.15, 0.2) is 17.3 Å². The van der Waals surface area contributed by atoms with E-state index >= 15 is 0 Å². The topological polar surface area (TPSA) is 154 Å². The molecule has 1 aromatic heterocycles. The van der Waals surface area contributed by atoms with Gasteiger partial charge in [0.1, 0.15) is 16.3 Å². The number of fused-ring (bicyclic) bond motifs is 2. The van der Waals surface area contributed by atoms with Crippen LogP contribution in [0.25, 0.3) is 21.7 Å². The highest BCUT2D eigenvalue weighted by molar-refractivity contribution is 7.87. The molecule has 2 aliphatic rings. The molecule has 52 heavy (non-hydrogen) atoms. The van der Waals surface area contributed by atoms with Crippen LogP contribution >= 0.6 is 0 Å². The number of ether oxygens (including phenoxy) is 1. The van der Waals surface area contributed by atoms with Gasteiger partial charge in [0.05, 0.1) is 17.9 Å². The Bertz CT molecular complexity index is 2590. The minimum atomic E-state index is -4.20. The van der Waals surface area contributed by atoms with Crippen LogP contribution in [0.5, 0.6) is 5.75 Å². The molecule has 8 rings (SSSR count). The molecule has 0 bridgehead atoms. The first-order valence-electron chi connectivity index (χ1n) is 16.3. The van der Waals surface area contributed by atoms with Crippen LogP contribution in [0.4, 0.5) is 0 Å². The minimum absolute atomic E-state index is 0.0260. The highest BCUT2D eigenvalue weighted by Crippen LogP contribution is 2.36. The smallest absolute Gasteiger partial charge is 0.339 e. The summed E-state index contributed by atoms with van der Waals surface area (Å²) < 4.78 is 36.8. The molecule has 12 heteroatoms. The van der Waals surface area contributed by atoms with E-state index in [1.165, 1.54) is 42.5 Å². The second-order valence-corrected chi connectivity index (χ2v) is 13.8. The summed E-state index contributed by atoms with van der Waals surface area (Å²) >= 11 is 0. The summed E-state index contributed by atoms with van der Waals surface area (Å²) in [4.78, 5) is 72.1. The van der Waals surface area contributed by atoms with E-state index in [0.717, 1.165) is 10.3 Å². The Morgan fingerprint density at radius 2 is 1.37 bits per heavy atom. The minimum Gasteiger partial charge on any atom is -0.462 e. The van der Waals surface area contributed by atoms with Gasteiger partial charge in [0.2, 0.25) is 0 Å². The van der Waals surface area contributed by atoms with E-state index in [9.17, 15) is 32.4 Å². The summed E-state index contributed by atoms with van der Waals surface area (Å²) in [6.45, 7) is -0.0854. The monoisotopic (exact) mass is 710 g/mol. The highest BCUT2D eigenvalue weighted by Gasteiger charge is 2.41. The van der Waals surface area contributed by atoms with Crippen molar-refractivity contribution in [1.29, 1.82) is 0 Å². The number of carbonyl (C=O) groups excluding carboxylic acids is 5. The van der Waals surface area contributed by atoms with Gasteiger partial charge in [-0.05, 0) is 66.4 Å². The predicted octanol–water partition coefficient (Wildman–Crippen LogP) is 6.16. The number of ketones is 2. The summed E-state index contributed by atoms with van der Waals surface area (Å²) in [6, 6.07) is 30.1. The lowest BCUT2D eigenvalue weighted by molar-refractivity contribution is 0.0475. The van der Waals surface area contributed by atoms with Crippen molar-refractivity contribution in [2.45, 2.75) is 17.2 Å². The Morgan fingerprint density at radius 1 is 0.692 bits per heavy atom. The fourth-order valence-electron chi connectivity index (χ4n) is 6.66. The van der Waals surface area contributed by atoms with Crippen LogP contribution in [0.15, 0.2) is 120 Å². The van der Waals surface area contributed by atoms with Gasteiger partial charge in [-0.3, -0.25) is 24.1 Å². The Hall–Kier alpha value is -6.53. The SMILES string of the molecule is O=C(OCCCN1C(=O)c2cccc3cccc(c23)C1=O)c1ccc2c(c1)C(=O)C(c1ccc3cccc(OS(=O)(=O)c4ccccc4)c3n1)C2=O. The number of benzene rings is 5. The molecule has 0 saturated heterocycles. The molecule has 1 atom stereocenters. The van der Waals surface area contributed by atoms with Gasteiger partial charge >= 0.3 is 16.1 Å². The fourth-order valence-corrected chi connectivity index (χ4v) is 7.62. The third-order valence-corrected chi connectivity index (χ3v) is 10.4. The highest BCUT2D eigenvalue weighted by atomic mass is 32.2. The average Bonchev–Trinajstić information content (AvgIpc) is 3.41. The van der Waals surface area contributed by atoms with Crippen molar-refractivity contribution in [3.05, 3.63) is 149 Å². The van der Waals surface area contributed by atoms with E-state index in [1.54, 1.807) is 60.7 Å². The van der Waals surface area contributed by atoms with Crippen LogP contribution in [-0.2, 0) is 14.9 Å². The number of pyridine rings is 1. The molecule has 2 amide bonds. The molecule has 0 fully saturated rings. The van der Waals surface area contributed by atoms with E-state index < -0.39 is 45.4 Å². The van der Waals surface area contributed by atoms with Crippen LogP contribution in [0.2, 0.25) is 0 Å². The average molecular weight is 711 g/mol. The first-order valence-corrected chi connectivity index (χ1v) is 17.7. The molecule has 0 spiro atoms. The van der Waals surface area contributed by atoms with E-state index in [0.29, 0.717) is 21.9 Å². The van der Waals surface area contributed by atoms with Crippen LogP contribution in [0.1, 0.15) is 69.8 Å². The first-order chi connectivity index (χ1) is 25.1. The van der Waals surface area contributed by atoms with Crippen molar-refractivity contribution in [2.24, 2.45) is 0 Å². The van der Waals surface area contributed by atoms with Crippen LogP contribution in [-0.4, -0.2) is 60.8 Å². The standard InChI is InChI=1S/C40H26N2O9S/c43-36-27-18-16-25(40(47)50-21-7-20-42-38(45)28-13-4-8-23-9-5-14-29(33(23)28)39(42)46)22-30(27)37(44)34(36)31-19-17-24-10-6-15-32(35(24)41-31)51-52(48,49)26-11-2-1-3-12-26/h1-6,8-19,22,34H,7,20-21H2. The Kier molecular flexibility index (Phi) is 7.95. The number of hydrogen-bond acceptors (Lipinski definition) is 10. The predicted molar refractivity (Wildman–Crippen MR) is 188 cm³/mol. The third-order valence-electron chi connectivity index (χ3n) is 9.16. The molecule has 0 N–H and O–H groups in total. The third kappa shape index (κ3) is 5.49. The molecule has 6 aromatic rings. The number of hydrogen-bond donors (Lipinski definition) is 0. The first kappa shape index (κ1) is 32.7. The van der Waals surface area contributed by atoms with Crippen molar-refractivity contribution < 1.29 is 41.3 Å². The maximum absolute atomic E-state index is 13.7. The number of imide groups is 1.